The van der Waals surface area contributed by atoms with Gasteiger partial charge >= 0.3 is 5.97 Å². The minimum atomic E-state index is -2.13. The summed E-state index contributed by atoms with van der Waals surface area (Å²) in [5, 5.41) is 0.643. The standard InChI is InChI=1S/C22H27ClO3Si/c1-22(2,3)27(4,5)26-20(18-11-13-19(23)14-12-18)15-21(24)25-16-17-9-7-6-8-10-17/h6-15H,16H2,1-5H3/b20-15-. The van der Waals surface area contributed by atoms with Gasteiger partial charge in [-0.15, -0.1) is 0 Å². The number of rotatable bonds is 6. The maximum atomic E-state index is 12.4. The van der Waals surface area contributed by atoms with E-state index >= 15 is 0 Å². The summed E-state index contributed by atoms with van der Waals surface area (Å²) in [5.41, 5.74) is 1.75. The van der Waals surface area contributed by atoms with Crippen molar-refractivity contribution < 1.29 is 14.0 Å². The maximum Gasteiger partial charge on any atom is 0.334 e. The summed E-state index contributed by atoms with van der Waals surface area (Å²) in [6, 6.07) is 16.9. The van der Waals surface area contributed by atoms with Gasteiger partial charge in [-0.25, -0.2) is 4.79 Å². The van der Waals surface area contributed by atoms with Crippen molar-refractivity contribution >= 4 is 31.6 Å². The first-order valence-corrected chi connectivity index (χ1v) is 12.2. The van der Waals surface area contributed by atoms with Crippen LogP contribution in [0.25, 0.3) is 5.76 Å². The summed E-state index contributed by atoms with van der Waals surface area (Å²) in [5.74, 6) is 0.0961. The lowest BCUT2D eigenvalue weighted by Gasteiger charge is -2.37. The first-order chi connectivity index (χ1) is 12.6. The van der Waals surface area contributed by atoms with Crippen LogP contribution in [0.15, 0.2) is 60.7 Å². The minimum absolute atomic E-state index is 0.00641. The summed E-state index contributed by atoms with van der Waals surface area (Å²) in [4.78, 5) is 12.4. The first-order valence-electron chi connectivity index (χ1n) is 8.96. The normalized spacial score (nSPS) is 12.6. The molecule has 0 unspecified atom stereocenters. The number of halogens is 1. The smallest absolute Gasteiger partial charge is 0.334 e. The van der Waals surface area contributed by atoms with Crippen molar-refractivity contribution in [3.05, 3.63) is 76.8 Å². The molecule has 0 fully saturated rings. The van der Waals surface area contributed by atoms with E-state index in [0.29, 0.717) is 10.8 Å². The Bertz CT molecular complexity index is 791. The van der Waals surface area contributed by atoms with Crippen LogP contribution < -0.4 is 0 Å². The third-order valence-electron chi connectivity index (χ3n) is 4.77. The molecule has 0 aliphatic carbocycles. The number of carbonyl (C=O) groups excluding carboxylic acids is 1. The van der Waals surface area contributed by atoms with Gasteiger partial charge in [0.15, 0.2) is 0 Å². The zero-order valence-electron chi connectivity index (χ0n) is 16.6. The van der Waals surface area contributed by atoms with Crippen LogP contribution in [0.1, 0.15) is 31.9 Å². The molecule has 0 aliphatic rings. The fourth-order valence-corrected chi connectivity index (χ4v) is 3.25. The molecule has 2 aromatic carbocycles. The number of benzene rings is 2. The van der Waals surface area contributed by atoms with Crippen molar-refractivity contribution in [1.82, 2.24) is 0 Å². The molecule has 0 bridgehead atoms. The molecule has 0 saturated carbocycles. The van der Waals surface area contributed by atoms with E-state index in [1.54, 1.807) is 12.1 Å². The highest BCUT2D eigenvalue weighted by Gasteiger charge is 2.39. The fourth-order valence-electron chi connectivity index (χ4n) is 2.09. The SMILES string of the molecule is CC(C)(C)[Si](C)(C)O/C(=C\C(=O)OCc1ccccc1)c1ccc(Cl)cc1. The van der Waals surface area contributed by atoms with Crippen molar-refractivity contribution in [1.29, 1.82) is 0 Å². The van der Waals surface area contributed by atoms with Gasteiger partial charge in [0, 0.05) is 10.6 Å². The van der Waals surface area contributed by atoms with Gasteiger partial charge in [0.05, 0.1) is 6.08 Å². The minimum Gasteiger partial charge on any atom is -0.543 e. The van der Waals surface area contributed by atoms with Crippen LogP contribution in [-0.2, 0) is 20.6 Å². The Balaban J connectivity index is 2.24. The molecule has 2 rings (SSSR count). The van der Waals surface area contributed by atoms with Gasteiger partial charge in [0.2, 0.25) is 0 Å². The van der Waals surface area contributed by atoms with E-state index in [1.165, 1.54) is 6.08 Å². The van der Waals surface area contributed by atoms with Crippen LogP contribution in [0, 0.1) is 0 Å². The van der Waals surface area contributed by atoms with E-state index in [9.17, 15) is 4.79 Å². The highest BCUT2D eigenvalue weighted by atomic mass is 35.5. The van der Waals surface area contributed by atoms with Gasteiger partial charge in [0.25, 0.3) is 8.32 Å². The van der Waals surface area contributed by atoms with Gasteiger partial charge in [-0.1, -0.05) is 62.7 Å². The second-order valence-electron chi connectivity index (χ2n) is 7.97. The van der Waals surface area contributed by atoms with Crippen molar-refractivity contribution in [2.75, 3.05) is 0 Å². The van der Waals surface area contributed by atoms with Crippen LogP contribution in [0.4, 0.5) is 0 Å². The molecule has 0 spiro atoms. The molecule has 27 heavy (non-hydrogen) atoms. The second-order valence-corrected chi connectivity index (χ2v) is 13.1. The first kappa shape index (κ1) is 21.3. The number of hydrogen-bond acceptors (Lipinski definition) is 3. The molecule has 0 saturated heterocycles. The zero-order chi connectivity index (χ0) is 20.1. The van der Waals surface area contributed by atoms with Crippen LogP contribution in [0.3, 0.4) is 0 Å². The van der Waals surface area contributed by atoms with E-state index in [0.717, 1.165) is 11.1 Å². The van der Waals surface area contributed by atoms with E-state index in [-0.39, 0.29) is 11.6 Å². The van der Waals surface area contributed by atoms with Gasteiger partial charge in [-0.3, -0.25) is 0 Å². The van der Waals surface area contributed by atoms with Crippen molar-refractivity contribution in [3.63, 3.8) is 0 Å². The molecule has 0 atom stereocenters. The molecule has 0 aliphatic heterocycles. The molecule has 2 aromatic rings. The van der Waals surface area contributed by atoms with Crippen LogP contribution in [0.5, 0.6) is 0 Å². The Morgan fingerprint density at radius 2 is 1.63 bits per heavy atom. The van der Waals surface area contributed by atoms with Gasteiger partial charge in [0.1, 0.15) is 12.4 Å². The third kappa shape index (κ3) is 6.26. The monoisotopic (exact) mass is 402 g/mol. The molecular weight excluding hydrogens is 376 g/mol. The molecule has 0 radical (unpaired) electrons. The molecule has 0 heterocycles. The Morgan fingerprint density at radius 3 is 2.19 bits per heavy atom. The quantitative estimate of drug-likeness (QED) is 0.241. The number of ether oxygens (including phenoxy) is 1. The fraction of sp³-hybridized carbons (Fsp3) is 0.318. The van der Waals surface area contributed by atoms with Gasteiger partial charge in [-0.2, -0.15) is 0 Å². The van der Waals surface area contributed by atoms with E-state index in [2.05, 4.69) is 33.9 Å². The van der Waals surface area contributed by atoms with Crippen molar-refractivity contribution in [3.8, 4) is 0 Å². The van der Waals surface area contributed by atoms with Crippen molar-refractivity contribution in [2.24, 2.45) is 0 Å². The van der Waals surface area contributed by atoms with Crippen LogP contribution in [0.2, 0.25) is 23.2 Å². The molecule has 0 N–H and O–H groups in total. The lowest BCUT2D eigenvalue weighted by molar-refractivity contribution is -0.139. The summed E-state index contributed by atoms with van der Waals surface area (Å²) in [6.07, 6.45) is 1.44. The highest BCUT2D eigenvalue weighted by molar-refractivity contribution is 6.74. The summed E-state index contributed by atoms with van der Waals surface area (Å²) in [6.45, 7) is 11.0. The molecular formula is C22H27ClO3Si. The summed E-state index contributed by atoms with van der Waals surface area (Å²) >= 11 is 6.00. The van der Waals surface area contributed by atoms with Crippen LogP contribution in [-0.4, -0.2) is 14.3 Å². The summed E-state index contributed by atoms with van der Waals surface area (Å²) in [7, 11) is -2.13. The molecule has 3 nitrogen and oxygen atoms in total. The van der Waals surface area contributed by atoms with Crippen molar-refractivity contribution in [2.45, 2.75) is 45.5 Å². The molecule has 0 aromatic heterocycles. The summed E-state index contributed by atoms with van der Waals surface area (Å²) < 4.78 is 11.8. The predicted octanol–water partition coefficient (Wildman–Crippen LogP) is 6.45. The Morgan fingerprint density at radius 1 is 1.04 bits per heavy atom. The number of carbonyl (C=O) groups is 1. The lowest BCUT2D eigenvalue weighted by atomic mass is 10.2. The molecule has 5 heteroatoms. The average Bonchev–Trinajstić information content (AvgIpc) is 2.60. The van der Waals surface area contributed by atoms with Gasteiger partial charge < -0.3 is 9.16 Å². The Hall–Kier alpha value is -2.04. The molecule has 0 amide bonds. The number of hydrogen-bond donors (Lipinski definition) is 0. The average molecular weight is 403 g/mol. The van der Waals surface area contributed by atoms with Gasteiger partial charge in [-0.05, 0) is 48.0 Å². The maximum absolute atomic E-state index is 12.4. The lowest BCUT2D eigenvalue weighted by Crippen LogP contribution is -2.40. The Kier molecular flexibility index (Phi) is 6.90. The second kappa shape index (κ2) is 8.76. The largest absolute Gasteiger partial charge is 0.543 e. The number of esters is 1. The van der Waals surface area contributed by atoms with E-state index in [1.807, 2.05) is 42.5 Å². The third-order valence-corrected chi connectivity index (χ3v) is 9.37. The van der Waals surface area contributed by atoms with E-state index in [4.69, 9.17) is 20.8 Å². The zero-order valence-corrected chi connectivity index (χ0v) is 18.3. The van der Waals surface area contributed by atoms with E-state index < -0.39 is 14.3 Å². The molecule has 144 valence electrons. The highest BCUT2D eigenvalue weighted by Crippen LogP contribution is 2.39. The predicted molar refractivity (Wildman–Crippen MR) is 114 cm³/mol. The van der Waals surface area contributed by atoms with Crippen LogP contribution >= 0.6 is 11.6 Å². The Labute approximate surface area is 168 Å². The topological polar surface area (TPSA) is 35.5 Å².